The average Bonchev–Trinajstić information content (AvgIpc) is 1.69. The quantitative estimate of drug-likeness (QED) is 0.0242. The van der Waals surface area contributed by atoms with Gasteiger partial charge in [-0.05, 0) is 129 Å². The number of unbranched alkanes of at least 4 members (excludes halogenated alkanes) is 3. The second kappa shape index (κ2) is 36.6. The Morgan fingerprint density at radius 2 is 1.51 bits per heavy atom. The minimum Gasteiger partial charge on any atom is -0.497 e. The molecule has 7 atom stereocenters. The number of methoxy groups -OCH3 is 1. The van der Waals surface area contributed by atoms with Gasteiger partial charge in [0.2, 0.25) is 65.5 Å². The van der Waals surface area contributed by atoms with Crippen molar-refractivity contribution in [3.05, 3.63) is 136 Å². The zero-order chi connectivity index (χ0) is 70.3. The molecule has 0 aliphatic carbocycles. The van der Waals surface area contributed by atoms with E-state index < -0.39 is 90.3 Å². The van der Waals surface area contributed by atoms with Crippen molar-refractivity contribution in [3.63, 3.8) is 0 Å². The molecule has 4 heterocycles. The van der Waals surface area contributed by atoms with Crippen molar-refractivity contribution in [1.82, 2.24) is 61.8 Å². The second-order valence-corrected chi connectivity index (χ2v) is 25.4. The van der Waals surface area contributed by atoms with Gasteiger partial charge in [0, 0.05) is 95.1 Å². The molecule has 0 spiro atoms. The topological polar surface area (TPSA) is 317 Å². The van der Waals surface area contributed by atoms with E-state index in [1.165, 1.54) is 24.8 Å². The summed E-state index contributed by atoms with van der Waals surface area (Å²) in [6.07, 6.45) is 7.23. The average molecular weight is 1350 g/mol. The number of amides is 11. The number of halogens is 1. The number of benzene rings is 4. The van der Waals surface area contributed by atoms with Crippen LogP contribution in [0, 0.1) is 12.7 Å². The fraction of sp³-hybridized carbons (Fsp3) is 0.486. The van der Waals surface area contributed by atoms with Gasteiger partial charge in [0.05, 0.1) is 19.8 Å². The molecule has 2 fully saturated rings. The molecule has 11 amide bonds. The zero-order valence-electron chi connectivity index (χ0n) is 56.6. The lowest BCUT2D eigenvalue weighted by atomic mass is 10.0. The van der Waals surface area contributed by atoms with Gasteiger partial charge >= 0.3 is 0 Å². The van der Waals surface area contributed by atoms with Crippen LogP contribution in [-0.2, 0) is 96.4 Å². The van der Waals surface area contributed by atoms with Gasteiger partial charge < -0.3 is 71.3 Å². The first-order chi connectivity index (χ1) is 47.2. The molecule has 2 unspecified atom stereocenters. The van der Waals surface area contributed by atoms with Gasteiger partial charge in [-0.15, -0.1) is 0 Å². The Balaban J connectivity index is 0.838. The maximum atomic E-state index is 14.1. The first kappa shape index (κ1) is 74.1. The highest BCUT2D eigenvalue weighted by atomic mass is 19.1. The number of nitrogens with one attached hydrogen (secondary N) is 8. The molecule has 0 saturated carbocycles. The van der Waals surface area contributed by atoms with Gasteiger partial charge in [-0.25, -0.2) is 4.39 Å². The van der Waals surface area contributed by atoms with Crippen LogP contribution in [0.15, 0.2) is 97.2 Å². The van der Waals surface area contributed by atoms with Crippen LogP contribution >= 0.6 is 0 Å². The number of aromatic nitrogens is 1. The number of likely N-dealkylation sites (tertiary alicyclic amines) is 1. The summed E-state index contributed by atoms with van der Waals surface area (Å²) in [6.45, 7) is 8.47. The summed E-state index contributed by atoms with van der Waals surface area (Å²) in [6, 6.07) is 20.4. The van der Waals surface area contributed by atoms with Crippen LogP contribution < -0.4 is 47.3 Å². The van der Waals surface area contributed by atoms with Crippen molar-refractivity contribution < 1.29 is 66.6 Å². The van der Waals surface area contributed by atoms with E-state index in [-0.39, 0.29) is 81.9 Å². The van der Waals surface area contributed by atoms with Gasteiger partial charge in [0.25, 0.3) is 0 Å². The summed E-state index contributed by atoms with van der Waals surface area (Å²) in [4.78, 5) is 152. The van der Waals surface area contributed by atoms with Gasteiger partial charge in [0.15, 0.2) is 0 Å². The maximum Gasteiger partial charge on any atom is 0.246 e. The van der Waals surface area contributed by atoms with Crippen molar-refractivity contribution in [2.75, 3.05) is 53.0 Å². The van der Waals surface area contributed by atoms with Crippen LogP contribution in [0.1, 0.15) is 118 Å². The lowest BCUT2D eigenvalue weighted by molar-refractivity contribution is -0.143. The normalized spacial score (nSPS) is 18.2. The van der Waals surface area contributed by atoms with Crippen LogP contribution in [-0.4, -0.2) is 180 Å². The Morgan fingerprint density at radius 1 is 0.786 bits per heavy atom. The Morgan fingerprint density at radius 3 is 2.27 bits per heavy atom. The van der Waals surface area contributed by atoms with Gasteiger partial charge in [-0.2, -0.15) is 0 Å². The van der Waals surface area contributed by atoms with Crippen LogP contribution in [0.25, 0.3) is 10.9 Å². The summed E-state index contributed by atoms with van der Waals surface area (Å²) < 4.78 is 27.3. The van der Waals surface area contributed by atoms with E-state index in [1.54, 1.807) is 65.4 Å². The number of carbonyl (C=O) groups excluding carboxylic acids is 11. The molecule has 0 radical (unpaired) electrons. The van der Waals surface area contributed by atoms with Crippen molar-refractivity contribution in [1.29, 1.82) is 0 Å². The lowest BCUT2D eigenvalue weighted by Gasteiger charge is -2.28. The predicted molar refractivity (Wildman–Crippen MR) is 363 cm³/mol. The number of hydrogen-bond acceptors (Lipinski definition) is 13. The van der Waals surface area contributed by atoms with Crippen LogP contribution in [0.5, 0.6) is 5.75 Å². The Kier molecular flexibility index (Phi) is 27.6. The SMILES string of the molecule is CCCNC(=O)C1[C@@H]2CCN1C(=O)CNC(=O)[C@@H](NC(=O)C(C)NC(=O)[C@H](C)NC(=O)CCC(=O)N(CCCCCCn1cc(C)c3cc(F)ccc31)Cc1ccc(CCNC(=O)[C@@H]3CCCN3C(=O)[C@H](Cc3ccc(OC)cc3)NC=O)cc1)Cc1cccc(c1)CNC(=O)CO2. The fourth-order valence-electron chi connectivity index (χ4n) is 12.6. The zero-order valence-corrected chi connectivity index (χ0v) is 56.6. The van der Waals surface area contributed by atoms with Crippen molar-refractivity contribution in [2.45, 2.75) is 173 Å². The Bertz CT molecular complexity index is 3620. The summed E-state index contributed by atoms with van der Waals surface area (Å²) >= 11 is 0. The molecular weight excluding hydrogens is 1260 g/mol. The molecule has 4 aromatic carbocycles. The van der Waals surface area contributed by atoms with E-state index in [9.17, 15) is 57.1 Å². The highest BCUT2D eigenvalue weighted by molar-refractivity contribution is 5.96. The summed E-state index contributed by atoms with van der Waals surface area (Å²) in [5, 5.41) is 22.6. The predicted octanol–water partition coefficient (Wildman–Crippen LogP) is 3.47. The Labute approximate surface area is 570 Å². The molecule has 5 aromatic rings. The van der Waals surface area contributed by atoms with E-state index in [2.05, 4.69) is 47.1 Å². The molecule has 25 nitrogen and oxygen atoms in total. The van der Waals surface area contributed by atoms with Gasteiger partial charge in [0.1, 0.15) is 54.4 Å². The van der Waals surface area contributed by atoms with Crippen molar-refractivity contribution in [2.24, 2.45) is 0 Å². The number of fused-ring (bicyclic) bond motifs is 5. The number of hydrogen-bond donors (Lipinski definition) is 8. The highest BCUT2D eigenvalue weighted by Crippen LogP contribution is 2.26. The van der Waals surface area contributed by atoms with Crippen molar-refractivity contribution >= 4 is 76.4 Å². The number of carbonyl (C=O) groups is 11. The van der Waals surface area contributed by atoms with E-state index in [0.717, 1.165) is 59.0 Å². The molecule has 2 saturated heterocycles. The molecule has 526 valence electrons. The van der Waals surface area contributed by atoms with Crippen LogP contribution in [0.4, 0.5) is 4.39 Å². The number of nitrogens with zero attached hydrogens (tertiary/aromatic N) is 4. The summed E-state index contributed by atoms with van der Waals surface area (Å²) in [5.41, 5.74) is 5.84. The first-order valence-electron chi connectivity index (χ1n) is 33.9. The minimum atomic E-state index is -1.26. The molecule has 4 bridgehead atoms. The second-order valence-electron chi connectivity index (χ2n) is 25.4. The van der Waals surface area contributed by atoms with Crippen molar-refractivity contribution in [3.8, 4) is 5.75 Å². The van der Waals surface area contributed by atoms with E-state index >= 15 is 0 Å². The Hall–Kier alpha value is -9.72. The molecule has 26 heteroatoms. The van der Waals surface area contributed by atoms with E-state index in [4.69, 9.17) is 9.47 Å². The van der Waals surface area contributed by atoms with E-state index in [1.807, 2.05) is 56.4 Å². The number of aryl methyl sites for hydroxylation is 2. The smallest absolute Gasteiger partial charge is 0.246 e. The molecule has 1 aromatic heterocycles. The summed E-state index contributed by atoms with van der Waals surface area (Å²) in [5.74, 6) is -4.75. The third-order valence-corrected chi connectivity index (χ3v) is 18.1. The lowest BCUT2D eigenvalue weighted by Crippen LogP contribution is -2.57. The minimum absolute atomic E-state index is 0.0493. The molecule has 3 aliphatic rings. The third kappa shape index (κ3) is 21.1. The van der Waals surface area contributed by atoms with Gasteiger partial charge in [-0.1, -0.05) is 80.4 Å². The molecule has 8 N–H and O–H groups in total. The molecule has 8 rings (SSSR count). The monoisotopic (exact) mass is 1350 g/mol. The molecule has 98 heavy (non-hydrogen) atoms. The maximum absolute atomic E-state index is 14.1. The first-order valence-corrected chi connectivity index (χ1v) is 33.9. The van der Waals surface area contributed by atoms with Gasteiger partial charge in [-0.3, -0.25) is 52.7 Å². The van der Waals surface area contributed by atoms with E-state index in [0.29, 0.717) is 81.6 Å². The number of ether oxygens (including phenoxy) is 2. The fourth-order valence-corrected chi connectivity index (χ4v) is 12.6. The molecule has 3 aliphatic heterocycles. The summed E-state index contributed by atoms with van der Waals surface area (Å²) in [7, 11) is 1.56. The molecular formula is C72H93FN12O13. The van der Waals surface area contributed by atoms with Crippen LogP contribution in [0.2, 0.25) is 0 Å². The highest BCUT2D eigenvalue weighted by Gasteiger charge is 2.43. The number of rotatable bonds is 30. The standard InChI is InChI=1S/C72H93FN12O13/c1-6-30-74-71(95)66-61-29-35-85(66)65(90)41-77-69(93)57(38-52-13-11-14-53(36-52)40-76-63(88)44-98-61)81-68(92)48(4)80-67(91)47(3)79-62(87)26-27-64(89)83(33-10-8-7-9-32-82-42-46(2)56-39-54(73)22-25-59(56)82)43-51-18-16-49(17-19-51)28-31-75-70(94)60-15-12-34-84(60)72(96)58(78-45-86)37-50-20-23-55(97-5)24-21-50/h11,13-14,16-25,36,39,42,45,47-48,57-58,60-61,66H,6-10,12,15,26-35,37-38,40-41,43-44H2,1-5H3,(H,74,95)(H,75,94)(H,76,88)(H,77,93)(H,78,86)(H,79,87)(H,80,91)(H,81,92)/t47-,48?,57-,58-,60-,61-,66?/m0/s1. The van der Waals surface area contributed by atoms with Crippen LogP contribution in [0.3, 0.4) is 0 Å². The third-order valence-electron chi connectivity index (χ3n) is 18.1. The largest absolute Gasteiger partial charge is 0.497 e.